The van der Waals surface area contributed by atoms with Crippen LogP contribution < -0.4 is 5.32 Å². The summed E-state index contributed by atoms with van der Waals surface area (Å²) >= 11 is 1.67. The molecule has 2 heterocycles. The van der Waals surface area contributed by atoms with Gasteiger partial charge in [-0.05, 0) is 43.1 Å². The van der Waals surface area contributed by atoms with Gasteiger partial charge in [0.2, 0.25) is 0 Å². The number of hydrogen-bond donors (Lipinski definition) is 1. The maximum Gasteiger partial charge on any atom is 0.137 e. The summed E-state index contributed by atoms with van der Waals surface area (Å²) in [5, 5.41) is 3.79. The fourth-order valence-corrected chi connectivity index (χ4v) is 4.68. The van der Waals surface area contributed by atoms with Crippen molar-refractivity contribution in [3.8, 4) is 0 Å². The molecule has 0 bridgehead atoms. The number of thioether (sulfide) groups is 1. The third-order valence-corrected chi connectivity index (χ3v) is 5.90. The van der Waals surface area contributed by atoms with Gasteiger partial charge in [0.05, 0.1) is 0 Å². The molecular formula is C16H21FN2S. The highest BCUT2D eigenvalue weighted by molar-refractivity contribution is 7.99. The zero-order valence-electron chi connectivity index (χ0n) is 11.6. The molecule has 108 valence electrons. The summed E-state index contributed by atoms with van der Waals surface area (Å²) in [7, 11) is 0. The van der Waals surface area contributed by atoms with Gasteiger partial charge in [0, 0.05) is 36.1 Å². The van der Waals surface area contributed by atoms with Gasteiger partial charge in [0.25, 0.3) is 0 Å². The van der Waals surface area contributed by atoms with E-state index in [-0.39, 0.29) is 5.82 Å². The van der Waals surface area contributed by atoms with Crippen LogP contribution in [0.2, 0.25) is 0 Å². The van der Waals surface area contributed by atoms with E-state index in [2.05, 4.69) is 16.3 Å². The van der Waals surface area contributed by atoms with Gasteiger partial charge in [-0.1, -0.05) is 12.1 Å². The molecular weight excluding hydrogens is 271 g/mol. The van der Waals surface area contributed by atoms with E-state index in [0.717, 1.165) is 23.1 Å². The number of likely N-dealkylation sites (tertiary alicyclic amines) is 1. The molecule has 2 atom stereocenters. The zero-order chi connectivity index (χ0) is 13.5. The van der Waals surface area contributed by atoms with Gasteiger partial charge in [-0.25, -0.2) is 4.39 Å². The third-order valence-electron chi connectivity index (χ3n) is 4.75. The number of fused-ring (bicyclic) bond motifs is 1. The molecule has 1 aliphatic carbocycles. The van der Waals surface area contributed by atoms with Crippen LogP contribution in [-0.4, -0.2) is 35.8 Å². The molecule has 1 saturated heterocycles. The van der Waals surface area contributed by atoms with Crippen LogP contribution in [0, 0.1) is 5.82 Å². The molecule has 1 aromatic carbocycles. The average molecular weight is 292 g/mol. The van der Waals surface area contributed by atoms with E-state index in [9.17, 15) is 4.39 Å². The average Bonchev–Trinajstić information content (AvgIpc) is 3.21. The summed E-state index contributed by atoms with van der Waals surface area (Å²) in [6.07, 6.45) is 5.13. The maximum absolute atomic E-state index is 13.9. The number of benzene rings is 1. The van der Waals surface area contributed by atoms with Gasteiger partial charge in [-0.2, -0.15) is 0 Å². The summed E-state index contributed by atoms with van der Waals surface area (Å²) in [6.45, 7) is 2.42. The molecule has 2 nitrogen and oxygen atoms in total. The molecule has 0 radical (unpaired) electrons. The molecule has 2 fully saturated rings. The SMILES string of the molecule is Fc1cccc2c1SCCC2NC1CCN(C2CC2)C1. The smallest absolute Gasteiger partial charge is 0.137 e. The number of nitrogens with one attached hydrogen (secondary N) is 1. The molecule has 2 aliphatic heterocycles. The Morgan fingerprint density at radius 3 is 2.95 bits per heavy atom. The van der Waals surface area contributed by atoms with Crippen LogP contribution in [-0.2, 0) is 0 Å². The standard InChI is InChI=1S/C16H21FN2S/c17-14-3-1-2-13-15(7-9-20-16(13)14)18-11-6-8-19(10-11)12-4-5-12/h1-3,11-12,15,18H,4-10H2. The van der Waals surface area contributed by atoms with Gasteiger partial charge in [-0.15, -0.1) is 11.8 Å². The van der Waals surface area contributed by atoms with Gasteiger partial charge in [-0.3, -0.25) is 4.90 Å². The number of halogens is 1. The lowest BCUT2D eigenvalue weighted by Gasteiger charge is -2.29. The van der Waals surface area contributed by atoms with Crippen molar-refractivity contribution in [1.82, 2.24) is 10.2 Å². The van der Waals surface area contributed by atoms with Crippen molar-refractivity contribution in [2.75, 3.05) is 18.8 Å². The second kappa shape index (κ2) is 5.32. The lowest BCUT2D eigenvalue weighted by Crippen LogP contribution is -2.37. The van der Waals surface area contributed by atoms with Crippen molar-refractivity contribution in [1.29, 1.82) is 0 Å². The monoisotopic (exact) mass is 292 g/mol. The van der Waals surface area contributed by atoms with Crippen molar-refractivity contribution < 1.29 is 4.39 Å². The Morgan fingerprint density at radius 1 is 1.20 bits per heavy atom. The van der Waals surface area contributed by atoms with Crippen LogP contribution in [0.25, 0.3) is 0 Å². The van der Waals surface area contributed by atoms with Crippen molar-refractivity contribution in [2.24, 2.45) is 0 Å². The van der Waals surface area contributed by atoms with Crippen LogP contribution in [0.5, 0.6) is 0 Å². The predicted octanol–water partition coefficient (Wildman–Crippen LogP) is 3.19. The minimum absolute atomic E-state index is 0.0509. The summed E-state index contributed by atoms with van der Waals surface area (Å²) < 4.78 is 13.9. The molecule has 0 amide bonds. The van der Waals surface area contributed by atoms with Crippen molar-refractivity contribution in [2.45, 2.75) is 48.7 Å². The van der Waals surface area contributed by atoms with E-state index < -0.39 is 0 Å². The topological polar surface area (TPSA) is 15.3 Å². The molecule has 1 aromatic rings. The fraction of sp³-hybridized carbons (Fsp3) is 0.625. The van der Waals surface area contributed by atoms with Crippen molar-refractivity contribution in [3.05, 3.63) is 29.6 Å². The molecule has 4 rings (SSSR count). The van der Waals surface area contributed by atoms with Crippen LogP contribution in [0.15, 0.2) is 23.1 Å². The highest BCUT2D eigenvalue weighted by atomic mass is 32.2. The second-order valence-corrected chi connectivity index (χ2v) is 7.33. The Morgan fingerprint density at radius 2 is 2.10 bits per heavy atom. The van der Waals surface area contributed by atoms with Crippen molar-refractivity contribution >= 4 is 11.8 Å². The van der Waals surface area contributed by atoms with Crippen LogP contribution >= 0.6 is 11.8 Å². The molecule has 4 heteroatoms. The fourth-order valence-electron chi connectivity index (χ4n) is 3.54. The summed E-state index contributed by atoms with van der Waals surface area (Å²) in [5.74, 6) is 0.968. The first kappa shape index (κ1) is 13.1. The molecule has 0 aromatic heterocycles. The molecule has 1 saturated carbocycles. The number of hydrogen-bond acceptors (Lipinski definition) is 3. The van der Waals surface area contributed by atoms with Crippen molar-refractivity contribution in [3.63, 3.8) is 0 Å². The van der Waals surface area contributed by atoms with E-state index in [0.29, 0.717) is 12.1 Å². The maximum atomic E-state index is 13.9. The normalized spacial score (nSPS) is 30.4. The second-order valence-electron chi connectivity index (χ2n) is 6.23. The van der Waals surface area contributed by atoms with Gasteiger partial charge in [0.15, 0.2) is 0 Å². The first-order valence-corrected chi connectivity index (χ1v) is 8.71. The highest BCUT2D eigenvalue weighted by Gasteiger charge is 2.35. The summed E-state index contributed by atoms with van der Waals surface area (Å²) in [4.78, 5) is 3.50. The largest absolute Gasteiger partial charge is 0.306 e. The number of nitrogens with zero attached hydrogens (tertiary/aromatic N) is 1. The minimum Gasteiger partial charge on any atom is -0.306 e. The van der Waals surface area contributed by atoms with Gasteiger partial charge < -0.3 is 5.32 Å². The van der Waals surface area contributed by atoms with Crippen LogP contribution in [0.3, 0.4) is 0 Å². The molecule has 3 aliphatic rings. The first-order chi connectivity index (χ1) is 9.81. The number of rotatable bonds is 3. The minimum atomic E-state index is -0.0509. The zero-order valence-corrected chi connectivity index (χ0v) is 12.5. The molecule has 20 heavy (non-hydrogen) atoms. The first-order valence-electron chi connectivity index (χ1n) is 7.72. The van der Waals surface area contributed by atoms with Gasteiger partial charge in [0.1, 0.15) is 5.82 Å². The van der Waals surface area contributed by atoms with Gasteiger partial charge >= 0.3 is 0 Å². The Kier molecular flexibility index (Phi) is 3.49. The Hall–Kier alpha value is -0.580. The Balaban J connectivity index is 1.46. The summed E-state index contributed by atoms with van der Waals surface area (Å²) in [6, 6.07) is 7.31. The Labute approximate surface area is 124 Å². The third kappa shape index (κ3) is 2.49. The Bertz CT molecular complexity index is 503. The predicted molar refractivity (Wildman–Crippen MR) is 80.6 cm³/mol. The van der Waals surface area contributed by atoms with E-state index in [1.165, 1.54) is 37.9 Å². The molecule has 0 spiro atoms. The lowest BCUT2D eigenvalue weighted by molar-refractivity contribution is 0.311. The lowest BCUT2D eigenvalue weighted by atomic mass is 10.0. The molecule has 2 unspecified atom stereocenters. The van der Waals surface area contributed by atoms with E-state index >= 15 is 0 Å². The van der Waals surface area contributed by atoms with E-state index in [1.807, 2.05) is 6.07 Å². The van der Waals surface area contributed by atoms with Crippen LogP contribution in [0.1, 0.15) is 37.3 Å². The van der Waals surface area contributed by atoms with E-state index in [4.69, 9.17) is 0 Å². The highest BCUT2D eigenvalue weighted by Crippen LogP contribution is 2.38. The van der Waals surface area contributed by atoms with E-state index in [1.54, 1.807) is 17.8 Å². The van der Waals surface area contributed by atoms with Crippen LogP contribution in [0.4, 0.5) is 4.39 Å². The summed E-state index contributed by atoms with van der Waals surface area (Å²) in [5.41, 5.74) is 1.17. The molecule has 1 N–H and O–H groups in total. The quantitative estimate of drug-likeness (QED) is 0.921.